The van der Waals surface area contributed by atoms with Crippen LogP contribution in [0.4, 0.5) is 4.79 Å². The number of likely N-dealkylation sites (tertiary alicyclic amines) is 1. The van der Waals surface area contributed by atoms with Gasteiger partial charge in [0, 0.05) is 36.5 Å². The molecule has 0 aromatic heterocycles. The molecule has 2 aromatic rings. The molecule has 11 heteroatoms. The molecule has 5 atom stereocenters. The number of amides is 1. The number of aliphatic hydroxyl groups excluding tert-OH is 4. The molecule has 220 valence electrons. The van der Waals surface area contributed by atoms with E-state index in [1.54, 1.807) is 17.0 Å². The maximum atomic E-state index is 12.3. The lowest BCUT2D eigenvalue weighted by Gasteiger charge is -2.45. The molecule has 2 aliphatic rings. The van der Waals surface area contributed by atoms with Crippen molar-refractivity contribution in [3.8, 4) is 5.75 Å². The number of hydrogen-bond acceptors (Lipinski definition) is 9. The minimum Gasteiger partial charge on any atom is -0.490 e. The van der Waals surface area contributed by atoms with Gasteiger partial charge in [0.1, 0.15) is 41.9 Å². The van der Waals surface area contributed by atoms with Crippen molar-refractivity contribution in [3.05, 3.63) is 64.2 Å². The zero-order chi connectivity index (χ0) is 29.2. The van der Waals surface area contributed by atoms with Crippen LogP contribution in [0.3, 0.4) is 0 Å². The van der Waals surface area contributed by atoms with E-state index in [9.17, 15) is 30.3 Å². The zero-order valence-electron chi connectivity index (χ0n) is 22.9. The summed E-state index contributed by atoms with van der Waals surface area (Å²) in [5.74, 6) is -1.66. The van der Waals surface area contributed by atoms with Gasteiger partial charge in [-0.15, -0.1) is 0 Å². The fraction of sp³-hybridized carbons (Fsp3) is 0.552. The number of hydrogen-bond donors (Lipinski definition) is 5. The molecule has 0 spiro atoms. The van der Waals surface area contributed by atoms with Crippen molar-refractivity contribution in [2.75, 3.05) is 19.7 Å². The number of nitrogens with zero attached hydrogens (tertiary/aromatic N) is 1. The first-order valence-corrected chi connectivity index (χ1v) is 13.8. The fourth-order valence-electron chi connectivity index (χ4n) is 4.91. The summed E-state index contributed by atoms with van der Waals surface area (Å²) in [5.41, 5.74) is 1.14. The molecular weight excluding hydrogens is 542 g/mol. The van der Waals surface area contributed by atoms with E-state index in [1.807, 2.05) is 45.0 Å². The third kappa shape index (κ3) is 6.88. The van der Waals surface area contributed by atoms with Gasteiger partial charge in [-0.05, 0) is 62.6 Å². The summed E-state index contributed by atoms with van der Waals surface area (Å²) >= 11 is 6.43. The van der Waals surface area contributed by atoms with Gasteiger partial charge in [-0.2, -0.15) is 0 Å². The normalized spacial score (nSPS) is 27.9. The van der Waals surface area contributed by atoms with Crippen molar-refractivity contribution in [1.82, 2.24) is 4.90 Å². The maximum absolute atomic E-state index is 12.3. The standard InChI is InChI=1S/C29H38ClNO9/c1-28(2,3)40-27(36)31-12-10-21(11-13-31)38-20-7-4-17(5-8-20)14-18-15-19(6-9-22(18)30)29(37)26(35)25(34)24(33)23(16-32)39-29/h4-9,15,21,23-26,32-35,37H,10-14,16H2,1-3H3/t23-,24-,25+,26-,29-/m1/s1. The number of piperidine rings is 1. The Morgan fingerprint density at radius 2 is 1.73 bits per heavy atom. The molecule has 0 radical (unpaired) electrons. The van der Waals surface area contributed by atoms with Crippen LogP contribution in [0.25, 0.3) is 0 Å². The summed E-state index contributed by atoms with van der Waals surface area (Å²) in [6, 6.07) is 12.1. The van der Waals surface area contributed by atoms with Gasteiger partial charge in [0.15, 0.2) is 0 Å². The van der Waals surface area contributed by atoms with E-state index in [4.69, 9.17) is 25.8 Å². The Balaban J connectivity index is 1.38. The van der Waals surface area contributed by atoms with E-state index in [1.165, 1.54) is 6.07 Å². The summed E-state index contributed by atoms with van der Waals surface area (Å²) in [6.45, 7) is 6.00. The molecule has 40 heavy (non-hydrogen) atoms. The van der Waals surface area contributed by atoms with E-state index in [0.29, 0.717) is 48.7 Å². The average molecular weight is 580 g/mol. The van der Waals surface area contributed by atoms with Crippen LogP contribution in [0.15, 0.2) is 42.5 Å². The Labute approximate surface area is 238 Å². The van der Waals surface area contributed by atoms with Gasteiger partial charge in [-0.3, -0.25) is 0 Å². The van der Waals surface area contributed by atoms with Gasteiger partial charge >= 0.3 is 6.09 Å². The van der Waals surface area contributed by atoms with Gasteiger partial charge in [0.25, 0.3) is 0 Å². The van der Waals surface area contributed by atoms with Crippen LogP contribution in [0.1, 0.15) is 50.3 Å². The van der Waals surface area contributed by atoms with Crippen molar-refractivity contribution >= 4 is 17.7 Å². The van der Waals surface area contributed by atoms with Crippen LogP contribution in [0.5, 0.6) is 5.75 Å². The second-order valence-corrected chi connectivity index (χ2v) is 11.8. The smallest absolute Gasteiger partial charge is 0.410 e. The lowest BCUT2D eigenvalue weighted by Crippen LogP contribution is -2.63. The van der Waals surface area contributed by atoms with Crippen LogP contribution in [0, 0.1) is 0 Å². The molecule has 0 saturated carbocycles. The predicted molar refractivity (Wildman–Crippen MR) is 146 cm³/mol. The lowest BCUT2D eigenvalue weighted by atomic mass is 9.87. The Morgan fingerprint density at radius 1 is 1.07 bits per heavy atom. The van der Waals surface area contributed by atoms with E-state index in [-0.39, 0.29) is 17.8 Å². The van der Waals surface area contributed by atoms with Gasteiger partial charge in [0.2, 0.25) is 5.79 Å². The van der Waals surface area contributed by atoms with Crippen LogP contribution in [0.2, 0.25) is 5.02 Å². The molecule has 2 aromatic carbocycles. The largest absolute Gasteiger partial charge is 0.490 e. The number of halogens is 1. The van der Waals surface area contributed by atoms with Crippen LogP contribution >= 0.6 is 11.6 Å². The lowest BCUT2D eigenvalue weighted by molar-refractivity contribution is -0.357. The summed E-state index contributed by atoms with van der Waals surface area (Å²) in [7, 11) is 0. The second kappa shape index (κ2) is 12.2. The quantitative estimate of drug-likeness (QED) is 0.347. The van der Waals surface area contributed by atoms with Crippen molar-refractivity contribution < 1.29 is 44.5 Å². The number of ether oxygens (including phenoxy) is 3. The molecule has 2 fully saturated rings. The molecule has 2 aliphatic heterocycles. The molecule has 4 rings (SSSR count). The minimum absolute atomic E-state index is 0.0186. The molecule has 10 nitrogen and oxygen atoms in total. The average Bonchev–Trinajstić information content (AvgIpc) is 2.91. The highest BCUT2D eigenvalue weighted by atomic mass is 35.5. The van der Waals surface area contributed by atoms with Crippen molar-refractivity contribution in [1.29, 1.82) is 0 Å². The minimum atomic E-state index is -2.36. The van der Waals surface area contributed by atoms with E-state index in [2.05, 4.69) is 0 Å². The molecule has 0 unspecified atom stereocenters. The summed E-state index contributed by atoms with van der Waals surface area (Å²) in [6.07, 6.45) is -4.98. The monoisotopic (exact) mass is 579 g/mol. The molecule has 0 bridgehead atoms. The molecule has 2 heterocycles. The van der Waals surface area contributed by atoms with Gasteiger partial charge in [-0.1, -0.05) is 29.8 Å². The number of aliphatic hydroxyl groups is 5. The predicted octanol–water partition coefficient (Wildman–Crippen LogP) is 2.33. The van der Waals surface area contributed by atoms with E-state index >= 15 is 0 Å². The summed E-state index contributed by atoms with van der Waals surface area (Å²) in [5, 5.41) is 51.8. The summed E-state index contributed by atoms with van der Waals surface area (Å²) in [4.78, 5) is 14.0. The highest BCUT2D eigenvalue weighted by Crippen LogP contribution is 2.38. The Bertz CT molecular complexity index is 1160. The van der Waals surface area contributed by atoms with Crippen molar-refractivity contribution in [2.24, 2.45) is 0 Å². The number of carbonyl (C=O) groups excluding carboxylic acids is 1. The second-order valence-electron chi connectivity index (χ2n) is 11.4. The first-order chi connectivity index (χ1) is 18.8. The maximum Gasteiger partial charge on any atom is 0.410 e. The Morgan fingerprint density at radius 3 is 2.33 bits per heavy atom. The van der Waals surface area contributed by atoms with E-state index < -0.39 is 42.4 Å². The molecular formula is C29H38ClNO9. The van der Waals surface area contributed by atoms with Gasteiger partial charge < -0.3 is 44.6 Å². The molecule has 1 amide bonds. The highest BCUT2D eigenvalue weighted by molar-refractivity contribution is 6.31. The first kappa shape index (κ1) is 30.5. The highest BCUT2D eigenvalue weighted by Gasteiger charge is 2.53. The van der Waals surface area contributed by atoms with Crippen molar-refractivity contribution in [2.45, 2.75) is 81.9 Å². The SMILES string of the molecule is CC(C)(C)OC(=O)N1CCC(Oc2ccc(Cc3cc([C@@]4(O)O[C@H](CO)[C@@H](O)[C@H](O)[C@H]4O)ccc3Cl)cc2)CC1. The Hall–Kier alpha value is -2.44. The van der Waals surface area contributed by atoms with Crippen LogP contribution in [-0.2, 0) is 21.7 Å². The topological polar surface area (TPSA) is 149 Å². The number of carbonyl (C=O) groups is 1. The summed E-state index contributed by atoms with van der Waals surface area (Å²) < 4.78 is 17.0. The van der Waals surface area contributed by atoms with Crippen molar-refractivity contribution in [3.63, 3.8) is 0 Å². The first-order valence-electron chi connectivity index (χ1n) is 13.4. The van der Waals surface area contributed by atoms with Crippen LogP contribution in [-0.4, -0.2) is 92.3 Å². The van der Waals surface area contributed by atoms with E-state index in [0.717, 1.165) is 5.56 Å². The van der Waals surface area contributed by atoms with Gasteiger partial charge in [0.05, 0.1) is 6.61 Å². The third-order valence-electron chi connectivity index (χ3n) is 7.14. The van der Waals surface area contributed by atoms with Crippen LogP contribution < -0.4 is 4.74 Å². The fourth-order valence-corrected chi connectivity index (χ4v) is 5.09. The van der Waals surface area contributed by atoms with Gasteiger partial charge in [-0.25, -0.2) is 4.79 Å². The number of rotatable bonds is 6. The molecule has 2 saturated heterocycles. The number of benzene rings is 2. The molecule has 0 aliphatic carbocycles. The Kier molecular flexibility index (Phi) is 9.31. The molecule has 5 N–H and O–H groups in total. The third-order valence-corrected chi connectivity index (χ3v) is 7.51. The zero-order valence-corrected chi connectivity index (χ0v) is 23.6.